The SMILES string of the molecule is CC(C)(C)OC(=O)N1CC2(C1)CN(c1ccc(Br)cc1)C(=O)C2Br. The summed E-state index contributed by atoms with van der Waals surface area (Å²) < 4.78 is 6.37. The summed E-state index contributed by atoms with van der Waals surface area (Å²) in [6, 6.07) is 7.69. The molecule has 2 amide bonds. The Kier molecular flexibility index (Phi) is 4.45. The second-order valence-corrected chi connectivity index (χ2v) is 9.29. The van der Waals surface area contributed by atoms with E-state index in [1.165, 1.54) is 0 Å². The normalized spacial score (nSPS) is 22.7. The Bertz CT molecular complexity index is 663. The van der Waals surface area contributed by atoms with E-state index in [9.17, 15) is 9.59 Å². The molecule has 1 aromatic carbocycles. The second kappa shape index (κ2) is 6.02. The number of likely N-dealkylation sites (tertiary alicyclic amines) is 1. The molecule has 2 aliphatic rings. The molecule has 2 aliphatic heterocycles. The molecule has 2 saturated heterocycles. The second-order valence-electron chi connectivity index (χ2n) is 7.46. The standard InChI is InChI=1S/C17H20Br2N2O3/c1-16(2,3)24-15(23)20-8-17(9-20)10-21(14(22)13(17)19)12-6-4-11(18)5-7-12/h4-7,13H,8-10H2,1-3H3. The highest BCUT2D eigenvalue weighted by molar-refractivity contribution is 9.10. The predicted octanol–water partition coefficient (Wildman–Crippen LogP) is 3.80. The molecule has 24 heavy (non-hydrogen) atoms. The molecule has 130 valence electrons. The van der Waals surface area contributed by atoms with Crippen LogP contribution in [-0.2, 0) is 9.53 Å². The van der Waals surface area contributed by atoms with E-state index < -0.39 is 5.60 Å². The van der Waals surface area contributed by atoms with Crippen LogP contribution in [0.5, 0.6) is 0 Å². The van der Waals surface area contributed by atoms with Gasteiger partial charge in [0, 0.05) is 35.2 Å². The van der Waals surface area contributed by atoms with E-state index in [2.05, 4.69) is 31.9 Å². The van der Waals surface area contributed by atoms with Crippen molar-refractivity contribution in [2.24, 2.45) is 5.41 Å². The minimum absolute atomic E-state index is 0.0427. The number of amides is 2. The molecule has 2 fully saturated rings. The van der Waals surface area contributed by atoms with Gasteiger partial charge < -0.3 is 14.5 Å². The van der Waals surface area contributed by atoms with Crippen LogP contribution in [0.15, 0.2) is 28.7 Å². The summed E-state index contributed by atoms with van der Waals surface area (Å²) in [5, 5.41) is 0. The van der Waals surface area contributed by atoms with Gasteiger partial charge in [0.15, 0.2) is 0 Å². The molecule has 0 bridgehead atoms. The number of anilines is 1. The third-order valence-corrected chi connectivity index (χ3v) is 6.19. The summed E-state index contributed by atoms with van der Waals surface area (Å²) in [5.74, 6) is 0.0427. The molecule has 1 spiro atoms. The molecule has 0 radical (unpaired) electrons. The zero-order chi connectivity index (χ0) is 17.7. The smallest absolute Gasteiger partial charge is 0.410 e. The maximum absolute atomic E-state index is 12.6. The third kappa shape index (κ3) is 3.20. The average Bonchev–Trinajstić information content (AvgIpc) is 2.70. The first-order chi connectivity index (χ1) is 11.1. The van der Waals surface area contributed by atoms with Gasteiger partial charge in [-0.2, -0.15) is 0 Å². The summed E-state index contributed by atoms with van der Waals surface area (Å²) in [5.41, 5.74) is 0.115. The van der Waals surface area contributed by atoms with E-state index in [4.69, 9.17) is 4.74 Å². The fourth-order valence-corrected chi connectivity index (χ4v) is 4.09. The lowest BCUT2D eigenvalue weighted by Crippen LogP contribution is -2.63. The van der Waals surface area contributed by atoms with Crippen molar-refractivity contribution in [3.05, 3.63) is 28.7 Å². The number of benzene rings is 1. The van der Waals surface area contributed by atoms with Gasteiger partial charge in [-0.25, -0.2) is 4.79 Å². The highest BCUT2D eigenvalue weighted by Crippen LogP contribution is 2.46. The number of carbonyl (C=O) groups is 2. The number of nitrogens with zero attached hydrogens (tertiary/aromatic N) is 2. The van der Waals surface area contributed by atoms with Gasteiger partial charge in [-0.05, 0) is 45.0 Å². The number of halogens is 2. The van der Waals surface area contributed by atoms with Crippen molar-refractivity contribution in [2.75, 3.05) is 24.5 Å². The van der Waals surface area contributed by atoms with E-state index in [-0.39, 0.29) is 22.2 Å². The number of alkyl halides is 1. The summed E-state index contributed by atoms with van der Waals surface area (Å²) in [6.45, 7) is 7.20. The Morgan fingerprint density at radius 3 is 2.33 bits per heavy atom. The van der Waals surface area contributed by atoms with Crippen molar-refractivity contribution in [3.8, 4) is 0 Å². The van der Waals surface area contributed by atoms with E-state index in [0.717, 1.165) is 10.2 Å². The van der Waals surface area contributed by atoms with Crippen LogP contribution in [0.25, 0.3) is 0 Å². The van der Waals surface area contributed by atoms with Crippen LogP contribution in [0.4, 0.5) is 10.5 Å². The molecule has 1 aromatic rings. The number of ether oxygens (including phenoxy) is 1. The summed E-state index contributed by atoms with van der Waals surface area (Å²) in [7, 11) is 0. The maximum Gasteiger partial charge on any atom is 0.410 e. The molecule has 1 atom stereocenters. The lowest BCUT2D eigenvalue weighted by atomic mass is 9.79. The molecule has 3 rings (SSSR count). The molecule has 0 N–H and O–H groups in total. The predicted molar refractivity (Wildman–Crippen MR) is 99.5 cm³/mol. The number of hydrogen-bond donors (Lipinski definition) is 0. The van der Waals surface area contributed by atoms with Crippen molar-refractivity contribution in [3.63, 3.8) is 0 Å². The van der Waals surface area contributed by atoms with Gasteiger partial charge in [0.1, 0.15) is 10.4 Å². The van der Waals surface area contributed by atoms with Gasteiger partial charge in [-0.1, -0.05) is 31.9 Å². The topological polar surface area (TPSA) is 49.9 Å². The van der Waals surface area contributed by atoms with Crippen LogP contribution in [0.3, 0.4) is 0 Å². The fraction of sp³-hybridized carbons (Fsp3) is 0.529. The Morgan fingerprint density at radius 2 is 1.79 bits per heavy atom. The maximum atomic E-state index is 12.6. The zero-order valence-corrected chi connectivity index (χ0v) is 17.1. The molecule has 0 saturated carbocycles. The number of carbonyl (C=O) groups excluding carboxylic acids is 2. The van der Waals surface area contributed by atoms with Gasteiger partial charge >= 0.3 is 6.09 Å². The molecule has 5 nitrogen and oxygen atoms in total. The fourth-order valence-electron chi connectivity index (χ4n) is 3.14. The minimum atomic E-state index is -0.511. The van der Waals surface area contributed by atoms with Crippen LogP contribution >= 0.6 is 31.9 Å². The lowest BCUT2D eigenvalue weighted by molar-refractivity contribution is -0.118. The molecule has 7 heteroatoms. The van der Waals surface area contributed by atoms with Crippen molar-refractivity contribution < 1.29 is 14.3 Å². The molecule has 2 heterocycles. The van der Waals surface area contributed by atoms with Crippen molar-refractivity contribution in [2.45, 2.75) is 31.2 Å². The van der Waals surface area contributed by atoms with E-state index in [1.54, 1.807) is 9.80 Å². The highest BCUT2D eigenvalue weighted by atomic mass is 79.9. The monoisotopic (exact) mass is 458 g/mol. The third-order valence-electron chi connectivity index (χ3n) is 4.29. The van der Waals surface area contributed by atoms with Crippen molar-refractivity contribution >= 4 is 49.5 Å². The van der Waals surface area contributed by atoms with Gasteiger partial charge in [-0.3, -0.25) is 4.79 Å². The van der Waals surface area contributed by atoms with Crippen LogP contribution in [0, 0.1) is 5.41 Å². The first-order valence-electron chi connectivity index (χ1n) is 7.80. The minimum Gasteiger partial charge on any atom is -0.444 e. The van der Waals surface area contributed by atoms with Crippen LogP contribution in [-0.4, -0.2) is 47.0 Å². The van der Waals surface area contributed by atoms with Crippen LogP contribution in [0.2, 0.25) is 0 Å². The van der Waals surface area contributed by atoms with Gasteiger partial charge in [-0.15, -0.1) is 0 Å². The van der Waals surface area contributed by atoms with E-state index in [1.807, 2.05) is 45.0 Å². The average molecular weight is 460 g/mol. The quantitative estimate of drug-likeness (QED) is 0.600. The zero-order valence-electron chi connectivity index (χ0n) is 13.9. The summed E-state index contributed by atoms with van der Waals surface area (Å²) in [6.07, 6.45) is -0.317. The molecule has 1 unspecified atom stereocenters. The van der Waals surface area contributed by atoms with Crippen molar-refractivity contribution in [1.29, 1.82) is 0 Å². The van der Waals surface area contributed by atoms with Gasteiger partial charge in [0.2, 0.25) is 5.91 Å². The van der Waals surface area contributed by atoms with Gasteiger partial charge in [0.25, 0.3) is 0 Å². The van der Waals surface area contributed by atoms with Gasteiger partial charge in [0.05, 0.1) is 0 Å². The van der Waals surface area contributed by atoms with Crippen LogP contribution < -0.4 is 4.90 Å². The first-order valence-corrected chi connectivity index (χ1v) is 9.51. The molecule has 0 aliphatic carbocycles. The number of rotatable bonds is 1. The summed E-state index contributed by atoms with van der Waals surface area (Å²) in [4.78, 5) is 27.9. The molecular weight excluding hydrogens is 440 g/mol. The number of hydrogen-bond acceptors (Lipinski definition) is 3. The first kappa shape index (κ1) is 17.7. The Labute approximate surface area is 158 Å². The molecule has 0 aromatic heterocycles. The lowest BCUT2D eigenvalue weighted by Gasteiger charge is -2.48. The Balaban J connectivity index is 1.70. The molecular formula is C17H20Br2N2O3. The van der Waals surface area contributed by atoms with Crippen molar-refractivity contribution in [1.82, 2.24) is 4.90 Å². The Morgan fingerprint density at radius 1 is 1.21 bits per heavy atom. The van der Waals surface area contributed by atoms with E-state index >= 15 is 0 Å². The Hall–Kier alpha value is -1.08. The van der Waals surface area contributed by atoms with Crippen LogP contribution in [0.1, 0.15) is 20.8 Å². The highest BCUT2D eigenvalue weighted by Gasteiger charge is 2.59. The largest absolute Gasteiger partial charge is 0.444 e. The summed E-state index contributed by atoms with van der Waals surface area (Å²) >= 11 is 6.95. The van der Waals surface area contributed by atoms with E-state index in [0.29, 0.717) is 19.6 Å².